The van der Waals surface area contributed by atoms with E-state index in [4.69, 9.17) is 5.73 Å². The number of nitrogens with zero attached hydrogens (tertiary/aromatic N) is 6. The van der Waals surface area contributed by atoms with Crippen molar-refractivity contribution >= 4 is 29.7 Å². The fourth-order valence-corrected chi connectivity index (χ4v) is 2.55. The van der Waals surface area contributed by atoms with Crippen LogP contribution in [-0.2, 0) is 6.54 Å². The molecule has 2 heterocycles. The van der Waals surface area contributed by atoms with Gasteiger partial charge in [0, 0.05) is 6.21 Å². The molecule has 0 aliphatic carbocycles. The Hall–Kier alpha value is -4.32. The molecule has 8 nitrogen and oxygen atoms in total. The van der Waals surface area contributed by atoms with E-state index in [9.17, 15) is 9.65 Å². The molecule has 0 spiro atoms. The number of anilines is 2. The number of aliphatic imine (C=N–C) groups is 1. The van der Waals surface area contributed by atoms with E-state index < -0.39 is 0 Å². The molecule has 0 amide bonds. The lowest BCUT2D eigenvalue weighted by atomic mass is 10.3. The number of aryl methyl sites for hydroxylation is 1. The van der Waals surface area contributed by atoms with Gasteiger partial charge in [0.15, 0.2) is 0 Å². The molecule has 0 fully saturated rings. The van der Waals surface area contributed by atoms with E-state index in [1.54, 1.807) is 30.5 Å². The third-order valence-electron chi connectivity index (χ3n) is 3.77. The number of aromatic nitrogens is 4. The fraction of sp³-hybridized carbons (Fsp3) is 0.208. The van der Waals surface area contributed by atoms with Gasteiger partial charge in [0.1, 0.15) is 41.2 Å². The van der Waals surface area contributed by atoms with Crippen molar-refractivity contribution in [2.24, 2.45) is 4.99 Å². The van der Waals surface area contributed by atoms with Crippen molar-refractivity contribution in [2.45, 2.75) is 27.3 Å². The second-order valence-electron chi connectivity index (χ2n) is 5.65. The van der Waals surface area contributed by atoms with Crippen LogP contribution in [0.1, 0.15) is 36.6 Å². The summed E-state index contributed by atoms with van der Waals surface area (Å²) in [4.78, 5) is 17.0. The van der Waals surface area contributed by atoms with E-state index >= 15 is 0 Å². The van der Waals surface area contributed by atoms with Crippen LogP contribution in [0.5, 0.6) is 0 Å². The average Bonchev–Trinajstić information content (AvgIpc) is 3.16. The van der Waals surface area contributed by atoms with E-state index in [-0.39, 0.29) is 17.9 Å². The number of nitrogens with two attached hydrogens (primary N) is 1. The second kappa shape index (κ2) is 16.4. The third kappa shape index (κ3) is 8.03. The standard InChI is InChI=1S/C21H22N8.C2H6.CH3F/c1-5-8-10-17-15(4)28-19(29(17)18(9-6-2)24-11-7-3)13-25-21-16(12-22)20(23)26-14-27-21;2*1-2/h5-11,14H,1-3,13H2,4H3,(H3,23,25,26,27);1-2H3;1H3/b10-8-,18-9+,24-11-;;. The SMILES string of the molecule is C=C/C=C\c1c(C)nc(CNc2ncnc(N)c2C#N)n1C(=C/C=C)/N=C\C=C.CC.CF. The third-order valence-corrected chi connectivity index (χ3v) is 3.77. The van der Waals surface area contributed by atoms with Crippen LogP contribution in [0, 0.1) is 18.3 Å². The molecule has 2 aromatic heterocycles. The summed E-state index contributed by atoms with van der Waals surface area (Å²) in [5.74, 6) is 1.70. The molecule has 0 bridgehead atoms. The van der Waals surface area contributed by atoms with Gasteiger partial charge < -0.3 is 11.1 Å². The monoisotopic (exact) mass is 450 g/mol. The molecule has 2 rings (SSSR count). The molecule has 3 N–H and O–H groups in total. The van der Waals surface area contributed by atoms with Crippen LogP contribution in [0.2, 0.25) is 0 Å². The number of allylic oxidation sites excluding steroid dienone is 5. The number of alkyl halides is 1. The Morgan fingerprint density at radius 1 is 1.24 bits per heavy atom. The summed E-state index contributed by atoms with van der Waals surface area (Å²) in [7, 11) is 0.500. The van der Waals surface area contributed by atoms with Crippen LogP contribution in [0.3, 0.4) is 0 Å². The van der Waals surface area contributed by atoms with Gasteiger partial charge >= 0.3 is 0 Å². The van der Waals surface area contributed by atoms with Crippen molar-refractivity contribution in [3.8, 4) is 6.07 Å². The first kappa shape index (κ1) is 28.7. The summed E-state index contributed by atoms with van der Waals surface area (Å²) in [6.45, 7) is 17.3. The van der Waals surface area contributed by atoms with Crippen LogP contribution in [0.15, 0.2) is 61.4 Å². The zero-order chi connectivity index (χ0) is 25.2. The van der Waals surface area contributed by atoms with Gasteiger partial charge in [-0.15, -0.1) is 0 Å². The maximum Gasteiger partial charge on any atom is 0.149 e. The first-order valence-corrected chi connectivity index (χ1v) is 10.0. The van der Waals surface area contributed by atoms with Gasteiger partial charge in [-0.05, 0) is 19.1 Å². The molecule has 0 aliphatic heterocycles. The molecule has 0 aromatic carbocycles. The molecule has 0 unspecified atom stereocenters. The van der Waals surface area contributed by atoms with Gasteiger partial charge in [-0.3, -0.25) is 8.96 Å². The molecule has 0 saturated carbocycles. The van der Waals surface area contributed by atoms with Crippen molar-refractivity contribution in [3.05, 3.63) is 79.2 Å². The summed E-state index contributed by atoms with van der Waals surface area (Å²) in [6, 6.07) is 2.01. The lowest BCUT2D eigenvalue weighted by Gasteiger charge is -2.12. The largest absolute Gasteiger partial charge is 0.382 e. The van der Waals surface area contributed by atoms with Gasteiger partial charge in [0.25, 0.3) is 0 Å². The van der Waals surface area contributed by atoms with Crippen molar-refractivity contribution in [1.82, 2.24) is 19.5 Å². The van der Waals surface area contributed by atoms with Crippen LogP contribution < -0.4 is 11.1 Å². The van der Waals surface area contributed by atoms with Crippen molar-refractivity contribution in [1.29, 1.82) is 5.26 Å². The number of nitriles is 1. The second-order valence-corrected chi connectivity index (χ2v) is 5.65. The molecular weight excluding hydrogens is 419 g/mol. The maximum absolute atomic E-state index is 9.50. The van der Waals surface area contributed by atoms with Crippen molar-refractivity contribution < 1.29 is 4.39 Å². The maximum atomic E-state index is 9.50. The Balaban J connectivity index is 0.00000242. The molecule has 0 atom stereocenters. The predicted octanol–water partition coefficient (Wildman–Crippen LogP) is 5.10. The quantitative estimate of drug-likeness (QED) is 0.405. The highest BCUT2D eigenvalue weighted by Crippen LogP contribution is 2.22. The van der Waals surface area contributed by atoms with Crippen LogP contribution in [0.25, 0.3) is 11.9 Å². The lowest BCUT2D eigenvalue weighted by molar-refractivity contribution is 0.636. The van der Waals surface area contributed by atoms with Crippen LogP contribution in [-0.4, -0.2) is 32.9 Å². The topological polar surface area (TPSA) is 118 Å². The number of hydrogen-bond acceptors (Lipinski definition) is 7. The fourth-order valence-electron chi connectivity index (χ4n) is 2.55. The minimum absolute atomic E-state index is 0.113. The average molecular weight is 451 g/mol. The van der Waals surface area contributed by atoms with Crippen molar-refractivity contribution in [2.75, 3.05) is 18.2 Å². The van der Waals surface area contributed by atoms with Gasteiger partial charge in [0.05, 0.1) is 25.1 Å². The number of imidazole rings is 1. The van der Waals surface area contributed by atoms with E-state index in [0.29, 0.717) is 24.6 Å². The highest BCUT2D eigenvalue weighted by atomic mass is 19.1. The number of rotatable bonds is 9. The summed E-state index contributed by atoms with van der Waals surface area (Å²) in [5, 5.41) is 12.4. The summed E-state index contributed by atoms with van der Waals surface area (Å²) < 4.78 is 11.4. The Bertz CT molecular complexity index is 1060. The Morgan fingerprint density at radius 3 is 2.52 bits per heavy atom. The highest BCUT2D eigenvalue weighted by Gasteiger charge is 2.16. The molecule has 0 radical (unpaired) electrons. The van der Waals surface area contributed by atoms with Gasteiger partial charge in [-0.2, -0.15) is 5.26 Å². The zero-order valence-corrected chi connectivity index (χ0v) is 19.6. The molecule has 0 saturated heterocycles. The van der Waals surface area contributed by atoms with Gasteiger partial charge in [0.2, 0.25) is 0 Å². The molecular formula is C24H31FN8. The Labute approximate surface area is 195 Å². The number of hydrogen-bond donors (Lipinski definition) is 2. The number of nitrogen functional groups attached to an aromatic ring is 1. The van der Waals surface area contributed by atoms with E-state index in [1.165, 1.54) is 6.33 Å². The first-order chi connectivity index (χ1) is 16.1. The summed E-state index contributed by atoms with van der Waals surface area (Å²) in [6.07, 6.45) is 13.3. The first-order valence-electron chi connectivity index (χ1n) is 10.0. The molecule has 0 aliphatic rings. The molecule has 9 heteroatoms. The zero-order valence-electron chi connectivity index (χ0n) is 19.6. The minimum atomic E-state index is 0.113. The van der Waals surface area contributed by atoms with Gasteiger partial charge in [-0.1, -0.05) is 57.9 Å². The molecule has 33 heavy (non-hydrogen) atoms. The minimum Gasteiger partial charge on any atom is -0.382 e. The van der Waals surface area contributed by atoms with E-state index in [2.05, 4.69) is 45.0 Å². The normalized spacial score (nSPS) is 10.5. The molecule has 174 valence electrons. The van der Waals surface area contributed by atoms with Crippen LogP contribution >= 0.6 is 0 Å². The summed E-state index contributed by atoms with van der Waals surface area (Å²) >= 11 is 0. The van der Waals surface area contributed by atoms with E-state index in [1.807, 2.05) is 43.6 Å². The Kier molecular flexibility index (Phi) is 14.2. The highest BCUT2D eigenvalue weighted by molar-refractivity contribution is 5.76. The van der Waals surface area contributed by atoms with Gasteiger partial charge in [-0.25, -0.2) is 19.9 Å². The number of nitrogens with one attached hydrogen (secondary N) is 1. The smallest absolute Gasteiger partial charge is 0.149 e. The van der Waals surface area contributed by atoms with E-state index in [0.717, 1.165) is 11.4 Å². The van der Waals surface area contributed by atoms with Crippen molar-refractivity contribution in [3.63, 3.8) is 0 Å². The predicted molar refractivity (Wildman–Crippen MR) is 136 cm³/mol. The lowest BCUT2D eigenvalue weighted by Crippen LogP contribution is -2.12. The Morgan fingerprint density at radius 2 is 1.94 bits per heavy atom. The molecule has 2 aromatic rings. The number of halogens is 1. The van der Waals surface area contributed by atoms with Crippen LogP contribution in [0.4, 0.5) is 16.0 Å². The summed E-state index contributed by atoms with van der Waals surface area (Å²) in [5.41, 5.74) is 7.57.